The first-order valence-corrected chi connectivity index (χ1v) is 0.516. The van der Waals surface area contributed by atoms with Gasteiger partial charge in [-0.15, -0.1) is 0 Å². The van der Waals surface area contributed by atoms with Crippen molar-refractivity contribution in [1.29, 1.82) is 10.5 Å². The summed E-state index contributed by atoms with van der Waals surface area (Å²) in [5.74, 6) is 0. The minimum atomic E-state index is 0. The summed E-state index contributed by atoms with van der Waals surface area (Å²) in [5.41, 5.74) is 0. The van der Waals surface area contributed by atoms with Crippen LogP contribution >= 0.6 is 0 Å². The van der Waals surface area contributed by atoms with Crippen molar-refractivity contribution in [1.82, 2.24) is 0 Å². The third-order valence-corrected chi connectivity index (χ3v) is 0. The molecule has 33 valence electrons. The van der Waals surface area contributed by atoms with E-state index in [2.05, 4.69) is 13.1 Å². The second-order valence-corrected chi connectivity index (χ2v) is 0. The average Bonchev–Trinajstić information content (AvgIpc) is 1.50. The Morgan fingerprint density at radius 1 is 1.00 bits per heavy atom. The molecule has 0 amide bonds. The summed E-state index contributed by atoms with van der Waals surface area (Å²) >= 11 is 0. The molecule has 0 spiro atoms. The predicted octanol–water partition coefficient (Wildman–Crippen LogP) is -2.61. The predicted molar refractivity (Wildman–Crippen MR) is 14.5 cm³/mol. The van der Waals surface area contributed by atoms with Crippen LogP contribution in [-0.4, -0.2) is 0 Å². The van der Waals surface area contributed by atoms with Gasteiger partial charge in [0.1, 0.15) is 0 Å². The normalized spacial score (nSPS) is 0.667. The Morgan fingerprint density at radius 3 is 1.00 bits per heavy atom. The third-order valence-electron chi connectivity index (χ3n) is 0. The minimum absolute atomic E-state index is 0. The molecule has 0 rings (SSSR count). The van der Waals surface area contributed by atoms with Crippen molar-refractivity contribution >= 4 is 0 Å². The maximum atomic E-state index is 6.50. The number of hydrogen-bond acceptors (Lipinski definition) is 2. The van der Waals surface area contributed by atoms with Crippen molar-refractivity contribution in [3.63, 3.8) is 0 Å². The molecule has 0 saturated heterocycles. The van der Waals surface area contributed by atoms with Gasteiger partial charge >= 0.3 is 51.4 Å². The van der Waals surface area contributed by atoms with Crippen molar-refractivity contribution in [3.05, 3.63) is 0 Å². The fraction of sp³-hybridized carbons (Fsp3) is 0. The number of rotatable bonds is 0. The molecule has 0 unspecified atom stereocenters. The summed E-state index contributed by atoms with van der Waals surface area (Å²) in [6.45, 7) is 7.00. The smallest absolute Gasteiger partial charge is 1.00 e. The van der Waals surface area contributed by atoms with Crippen molar-refractivity contribution in [3.8, 4) is 13.1 Å². The van der Waals surface area contributed by atoms with E-state index < -0.39 is 0 Å². The van der Waals surface area contributed by atoms with Gasteiger partial charge < -0.3 is 1.43 Å². The zero-order chi connectivity index (χ0) is 4.00. The Hall–Kier alpha value is 1.36. The topological polar surface area (TPSA) is 47.6 Å². The number of nitrogens with zero attached hydrogens (tertiary/aromatic N) is 2. The maximum absolute atomic E-state index is 6.50. The summed E-state index contributed by atoms with van der Waals surface area (Å²) in [6.07, 6.45) is 0. The molecule has 0 saturated carbocycles. The first-order chi connectivity index (χ1) is 2.00. The third kappa shape index (κ3) is 55.2. The molecule has 0 atom stereocenters. The zero-order valence-corrected chi connectivity index (χ0v) is 8.64. The van der Waals surface area contributed by atoms with Crippen molar-refractivity contribution in [2.45, 2.75) is 0 Å². The Morgan fingerprint density at radius 2 is 1.00 bits per heavy atom. The van der Waals surface area contributed by atoms with E-state index in [1.807, 2.05) is 0 Å². The minimum Gasteiger partial charge on any atom is -1.00 e. The van der Waals surface area contributed by atoms with Crippen LogP contribution in [-0.2, 0) is 22.4 Å². The van der Waals surface area contributed by atoms with Crippen LogP contribution in [0.2, 0.25) is 0 Å². The van der Waals surface area contributed by atoms with E-state index in [0.29, 0.717) is 0 Å². The first kappa shape index (κ1) is 26.4. The van der Waals surface area contributed by atoms with Crippen LogP contribution in [0.5, 0.6) is 0 Å². The van der Waals surface area contributed by atoms with Crippen LogP contribution in [0.3, 0.4) is 0 Å². The summed E-state index contributed by atoms with van der Waals surface area (Å²) in [7, 11) is 0. The Bertz CT molecular complexity index is 31.2. The van der Waals surface area contributed by atoms with Crippen molar-refractivity contribution < 1.29 is 75.2 Å². The quantitative estimate of drug-likeness (QED) is 0.459. The molecule has 0 aromatic heterocycles. The van der Waals surface area contributed by atoms with Gasteiger partial charge in [-0.25, -0.2) is 10.5 Å². The van der Waals surface area contributed by atoms with Gasteiger partial charge in [-0.05, 0) is 0 Å². The van der Waals surface area contributed by atoms with Gasteiger partial charge in [0, 0.05) is 35.5 Å². The standard InChI is InChI=1S/2CHN.Au.K.H/c2*1-2;;;/h2*1H;;;/q;;;+1;-1. The molecule has 2 nitrogen and oxygen atoms in total. The average molecular weight is 291 g/mol. The van der Waals surface area contributed by atoms with E-state index in [1.54, 1.807) is 0 Å². The molecule has 0 heterocycles. The molecular formula is C2H3AuKN2. The van der Waals surface area contributed by atoms with E-state index in [4.69, 9.17) is 10.5 Å². The van der Waals surface area contributed by atoms with Crippen molar-refractivity contribution in [2.75, 3.05) is 0 Å². The molecule has 0 aliphatic carbocycles. The van der Waals surface area contributed by atoms with E-state index >= 15 is 0 Å². The van der Waals surface area contributed by atoms with Crippen LogP contribution in [0.25, 0.3) is 0 Å². The zero-order valence-electron chi connectivity index (χ0n) is 4.35. The van der Waals surface area contributed by atoms with E-state index in [1.165, 1.54) is 0 Å². The molecule has 0 aromatic carbocycles. The molecule has 0 aliphatic heterocycles. The summed E-state index contributed by atoms with van der Waals surface area (Å²) in [6, 6.07) is 0. The van der Waals surface area contributed by atoms with Crippen LogP contribution < -0.4 is 51.4 Å². The first-order valence-electron chi connectivity index (χ1n) is 0.516. The Kier molecular flexibility index (Phi) is 436. The number of hydrogen-bond donors (Lipinski definition) is 0. The monoisotopic (exact) mass is 291 g/mol. The Balaban J connectivity index is -0.00000000267. The van der Waals surface area contributed by atoms with Crippen LogP contribution in [0.15, 0.2) is 0 Å². The fourth-order valence-corrected chi connectivity index (χ4v) is 0. The Labute approximate surface area is 96.9 Å². The van der Waals surface area contributed by atoms with Gasteiger partial charge in [0.25, 0.3) is 0 Å². The van der Waals surface area contributed by atoms with E-state index in [0.717, 1.165) is 0 Å². The molecule has 0 aliphatic rings. The molecule has 4 heteroatoms. The molecule has 0 N–H and O–H groups in total. The van der Waals surface area contributed by atoms with Gasteiger partial charge in [-0.3, -0.25) is 0 Å². The largest absolute Gasteiger partial charge is 1.00 e. The second kappa shape index (κ2) is 99.1. The SMILES string of the molecule is C#N.C#N.[Au].[H-].[K+]. The van der Waals surface area contributed by atoms with Crippen LogP contribution in [0, 0.1) is 23.7 Å². The summed E-state index contributed by atoms with van der Waals surface area (Å²) < 4.78 is 0. The molecule has 6 heavy (non-hydrogen) atoms. The van der Waals surface area contributed by atoms with Gasteiger partial charge in [-0.1, -0.05) is 0 Å². The van der Waals surface area contributed by atoms with Gasteiger partial charge in [-0.2, -0.15) is 0 Å². The van der Waals surface area contributed by atoms with Gasteiger partial charge in [0.05, 0.1) is 0 Å². The van der Waals surface area contributed by atoms with Gasteiger partial charge in [0.2, 0.25) is 0 Å². The molecule has 0 bridgehead atoms. The van der Waals surface area contributed by atoms with E-state index in [-0.39, 0.29) is 75.2 Å². The van der Waals surface area contributed by atoms with Crippen LogP contribution in [0.4, 0.5) is 0 Å². The van der Waals surface area contributed by atoms with Crippen LogP contribution in [0.1, 0.15) is 1.43 Å². The molecule has 1 radical (unpaired) electrons. The maximum Gasteiger partial charge on any atom is 1.00 e. The molecular weight excluding hydrogens is 288 g/mol. The molecule has 0 fully saturated rings. The second-order valence-electron chi connectivity index (χ2n) is 0. The van der Waals surface area contributed by atoms with Gasteiger partial charge in [0.15, 0.2) is 0 Å². The fourth-order valence-electron chi connectivity index (χ4n) is 0. The van der Waals surface area contributed by atoms with E-state index in [9.17, 15) is 0 Å². The molecule has 0 aromatic rings. The summed E-state index contributed by atoms with van der Waals surface area (Å²) in [5, 5.41) is 13.0. The summed E-state index contributed by atoms with van der Waals surface area (Å²) in [4.78, 5) is 0. The number of nitriles is 2. The van der Waals surface area contributed by atoms with Crippen molar-refractivity contribution in [2.24, 2.45) is 0 Å².